The number of nitrogens with zero attached hydrogens (tertiary/aromatic N) is 2. The Morgan fingerprint density at radius 2 is 1.82 bits per heavy atom. The Morgan fingerprint density at radius 3 is 2.29 bits per heavy atom. The molecule has 1 aromatic heterocycles. The van der Waals surface area contributed by atoms with Gasteiger partial charge in [0.1, 0.15) is 5.82 Å². The van der Waals surface area contributed by atoms with Crippen LogP contribution in [0.3, 0.4) is 0 Å². The molecular weight excluding hydrogens is 210 g/mol. The molecule has 0 aliphatic rings. The molecular formula is C14H19N3. The molecule has 0 fully saturated rings. The number of nitrogen functional groups attached to an aromatic ring is 1. The minimum atomic E-state index is 0.206. The summed E-state index contributed by atoms with van der Waals surface area (Å²) in [6.07, 6.45) is 3.60. The smallest absolute Gasteiger partial charge is 0.141 e. The van der Waals surface area contributed by atoms with Crippen molar-refractivity contribution in [2.45, 2.75) is 32.7 Å². The Bertz CT molecular complexity index is 489. The molecule has 90 valence electrons. The topological polar surface area (TPSA) is 43.8 Å². The van der Waals surface area contributed by atoms with E-state index in [1.54, 1.807) is 6.33 Å². The van der Waals surface area contributed by atoms with Gasteiger partial charge in [-0.3, -0.25) is 0 Å². The summed E-state index contributed by atoms with van der Waals surface area (Å²) >= 11 is 0. The van der Waals surface area contributed by atoms with Gasteiger partial charge in [-0.2, -0.15) is 0 Å². The summed E-state index contributed by atoms with van der Waals surface area (Å²) in [7, 11) is 0. The molecule has 1 heterocycles. The third-order valence-electron chi connectivity index (χ3n) is 2.84. The summed E-state index contributed by atoms with van der Waals surface area (Å²) in [5.74, 6) is 0.566. The highest BCUT2D eigenvalue weighted by molar-refractivity contribution is 5.28. The summed E-state index contributed by atoms with van der Waals surface area (Å²) in [5, 5.41) is 0. The van der Waals surface area contributed by atoms with Crippen LogP contribution < -0.4 is 5.73 Å². The van der Waals surface area contributed by atoms with Gasteiger partial charge in [0.2, 0.25) is 0 Å². The van der Waals surface area contributed by atoms with Crippen molar-refractivity contribution >= 4 is 5.82 Å². The summed E-state index contributed by atoms with van der Waals surface area (Å²) < 4.78 is 1.99. The van der Waals surface area contributed by atoms with Gasteiger partial charge in [-0.05, 0) is 16.5 Å². The molecule has 0 spiro atoms. The summed E-state index contributed by atoms with van der Waals surface area (Å²) in [6, 6.07) is 8.71. The number of aromatic nitrogens is 2. The van der Waals surface area contributed by atoms with Crippen LogP contribution in [0.2, 0.25) is 0 Å². The minimum Gasteiger partial charge on any atom is -0.382 e. The first kappa shape index (κ1) is 11.7. The zero-order valence-electron chi connectivity index (χ0n) is 10.6. The molecule has 0 radical (unpaired) electrons. The van der Waals surface area contributed by atoms with Crippen molar-refractivity contribution in [2.75, 3.05) is 5.73 Å². The fraction of sp³-hybridized carbons (Fsp3) is 0.357. The molecule has 3 nitrogen and oxygen atoms in total. The van der Waals surface area contributed by atoms with E-state index >= 15 is 0 Å². The maximum absolute atomic E-state index is 5.58. The Balaban J connectivity index is 2.13. The average molecular weight is 229 g/mol. The first-order valence-corrected chi connectivity index (χ1v) is 5.82. The number of benzene rings is 1. The highest BCUT2D eigenvalue weighted by Crippen LogP contribution is 2.22. The van der Waals surface area contributed by atoms with E-state index in [0.29, 0.717) is 5.82 Å². The molecule has 1 aromatic carbocycles. The fourth-order valence-corrected chi connectivity index (χ4v) is 1.78. The molecule has 0 aliphatic heterocycles. The number of hydrogen-bond donors (Lipinski definition) is 1. The highest BCUT2D eigenvalue weighted by atomic mass is 15.1. The average Bonchev–Trinajstić information content (AvgIpc) is 2.63. The van der Waals surface area contributed by atoms with Crippen LogP contribution in [0.25, 0.3) is 0 Å². The van der Waals surface area contributed by atoms with Gasteiger partial charge in [-0.25, -0.2) is 4.98 Å². The van der Waals surface area contributed by atoms with Crippen molar-refractivity contribution in [3.8, 4) is 0 Å². The molecule has 2 rings (SSSR count). The highest BCUT2D eigenvalue weighted by Gasteiger charge is 2.12. The Morgan fingerprint density at radius 1 is 1.18 bits per heavy atom. The van der Waals surface area contributed by atoms with Gasteiger partial charge in [0, 0.05) is 12.7 Å². The van der Waals surface area contributed by atoms with Crippen molar-refractivity contribution in [2.24, 2.45) is 0 Å². The van der Waals surface area contributed by atoms with Gasteiger partial charge in [0.05, 0.1) is 6.33 Å². The fourth-order valence-electron chi connectivity index (χ4n) is 1.78. The van der Waals surface area contributed by atoms with E-state index in [2.05, 4.69) is 50.0 Å². The third kappa shape index (κ3) is 2.87. The van der Waals surface area contributed by atoms with Crippen molar-refractivity contribution in [1.29, 1.82) is 0 Å². The lowest BCUT2D eigenvalue weighted by atomic mass is 9.87. The summed E-state index contributed by atoms with van der Waals surface area (Å²) in [4.78, 5) is 4.01. The molecule has 0 aliphatic carbocycles. The molecule has 2 N–H and O–H groups in total. The predicted octanol–water partition coefficient (Wildman–Crippen LogP) is 2.81. The lowest BCUT2D eigenvalue weighted by Crippen LogP contribution is -2.10. The maximum Gasteiger partial charge on any atom is 0.141 e. The Hall–Kier alpha value is -1.77. The van der Waals surface area contributed by atoms with Gasteiger partial charge in [0.15, 0.2) is 0 Å². The van der Waals surface area contributed by atoms with E-state index in [1.807, 2.05) is 10.8 Å². The van der Waals surface area contributed by atoms with Crippen LogP contribution in [0.1, 0.15) is 31.9 Å². The molecule has 0 amide bonds. The Kier molecular flexibility index (Phi) is 2.92. The van der Waals surface area contributed by atoms with Crippen molar-refractivity contribution < 1.29 is 0 Å². The standard InChI is InChI=1S/C14H19N3/c1-14(2,3)12-6-4-11(5-7-12)8-17-9-13(15)16-10-17/h4-7,9-10H,8,15H2,1-3H3. The molecule has 0 bridgehead atoms. The second kappa shape index (κ2) is 4.24. The monoisotopic (exact) mass is 229 g/mol. The second-order valence-corrected chi connectivity index (χ2v) is 5.42. The molecule has 0 atom stereocenters. The van der Waals surface area contributed by atoms with E-state index < -0.39 is 0 Å². The molecule has 3 heteroatoms. The predicted molar refractivity (Wildman–Crippen MR) is 70.9 cm³/mol. The van der Waals surface area contributed by atoms with Crippen molar-refractivity contribution in [1.82, 2.24) is 9.55 Å². The van der Waals surface area contributed by atoms with Crippen LogP contribution in [-0.2, 0) is 12.0 Å². The van der Waals surface area contributed by atoms with E-state index in [0.717, 1.165) is 6.54 Å². The van der Waals surface area contributed by atoms with Crippen LogP contribution in [0.4, 0.5) is 5.82 Å². The summed E-state index contributed by atoms with van der Waals surface area (Å²) in [5.41, 5.74) is 8.40. The normalized spacial score (nSPS) is 11.7. The Labute approximate surface area is 102 Å². The molecule has 0 unspecified atom stereocenters. The first-order chi connectivity index (χ1) is 7.95. The minimum absolute atomic E-state index is 0.206. The van der Waals surface area contributed by atoms with Gasteiger partial charge in [0.25, 0.3) is 0 Å². The number of hydrogen-bond acceptors (Lipinski definition) is 2. The first-order valence-electron chi connectivity index (χ1n) is 5.82. The number of anilines is 1. The summed E-state index contributed by atoms with van der Waals surface area (Å²) in [6.45, 7) is 7.48. The number of imidazole rings is 1. The van der Waals surface area contributed by atoms with Crippen LogP contribution in [-0.4, -0.2) is 9.55 Å². The van der Waals surface area contributed by atoms with Gasteiger partial charge < -0.3 is 10.3 Å². The van der Waals surface area contributed by atoms with E-state index in [1.165, 1.54) is 11.1 Å². The largest absolute Gasteiger partial charge is 0.382 e. The molecule has 17 heavy (non-hydrogen) atoms. The van der Waals surface area contributed by atoms with E-state index in [-0.39, 0.29) is 5.41 Å². The van der Waals surface area contributed by atoms with Gasteiger partial charge in [-0.1, -0.05) is 45.0 Å². The SMILES string of the molecule is CC(C)(C)c1ccc(Cn2cnc(N)c2)cc1. The van der Waals surface area contributed by atoms with Gasteiger partial charge in [-0.15, -0.1) is 0 Å². The van der Waals surface area contributed by atoms with Crippen LogP contribution in [0.15, 0.2) is 36.8 Å². The van der Waals surface area contributed by atoms with Crippen LogP contribution in [0, 0.1) is 0 Å². The lowest BCUT2D eigenvalue weighted by molar-refractivity contribution is 0.589. The molecule has 0 saturated carbocycles. The quantitative estimate of drug-likeness (QED) is 0.860. The maximum atomic E-state index is 5.58. The second-order valence-electron chi connectivity index (χ2n) is 5.42. The van der Waals surface area contributed by atoms with E-state index in [9.17, 15) is 0 Å². The van der Waals surface area contributed by atoms with Crippen LogP contribution >= 0.6 is 0 Å². The van der Waals surface area contributed by atoms with Gasteiger partial charge >= 0.3 is 0 Å². The lowest BCUT2D eigenvalue weighted by Gasteiger charge is -2.19. The van der Waals surface area contributed by atoms with E-state index in [4.69, 9.17) is 5.73 Å². The van der Waals surface area contributed by atoms with Crippen molar-refractivity contribution in [3.63, 3.8) is 0 Å². The third-order valence-corrected chi connectivity index (χ3v) is 2.84. The number of rotatable bonds is 2. The zero-order valence-corrected chi connectivity index (χ0v) is 10.6. The molecule has 0 saturated heterocycles. The van der Waals surface area contributed by atoms with Crippen LogP contribution in [0.5, 0.6) is 0 Å². The molecule has 2 aromatic rings. The van der Waals surface area contributed by atoms with Crippen molar-refractivity contribution in [3.05, 3.63) is 47.9 Å². The zero-order chi connectivity index (χ0) is 12.5. The number of nitrogens with two attached hydrogens (primary N) is 1.